The predicted octanol–water partition coefficient (Wildman–Crippen LogP) is 3.09. The Morgan fingerprint density at radius 3 is 2.79 bits per heavy atom. The minimum atomic E-state index is 0.376. The van der Waals surface area contributed by atoms with Crippen LogP contribution >= 0.6 is 0 Å². The molecule has 1 aromatic rings. The Morgan fingerprint density at radius 2 is 2.12 bits per heavy atom. The number of fused-ring (bicyclic) bond motifs is 1. The van der Waals surface area contributed by atoms with Gasteiger partial charge in [-0.1, -0.05) is 30.7 Å². The van der Waals surface area contributed by atoms with E-state index >= 15 is 0 Å². The van der Waals surface area contributed by atoms with Gasteiger partial charge in [0.1, 0.15) is 0 Å². The summed E-state index contributed by atoms with van der Waals surface area (Å²) in [6.45, 7) is 5.75. The molecule has 0 saturated heterocycles. The van der Waals surface area contributed by atoms with E-state index in [1.165, 1.54) is 36.8 Å². The average molecular weight is 329 g/mol. The number of benzene rings is 1. The first-order chi connectivity index (χ1) is 11.8. The highest BCUT2D eigenvalue weighted by molar-refractivity contribution is 5.79. The Hall–Kier alpha value is -1.55. The SMILES string of the molecule is CCNC(=NCC1(CCOC)CCC1)NCC1Cc2ccccc21. The molecule has 0 aliphatic heterocycles. The second-order valence-electron chi connectivity index (χ2n) is 7.27. The molecule has 4 heteroatoms. The minimum Gasteiger partial charge on any atom is -0.385 e. The summed E-state index contributed by atoms with van der Waals surface area (Å²) in [6, 6.07) is 8.76. The minimum absolute atomic E-state index is 0.376. The largest absolute Gasteiger partial charge is 0.385 e. The Bertz CT molecular complexity index is 566. The third-order valence-corrected chi connectivity index (χ3v) is 5.64. The molecule has 24 heavy (non-hydrogen) atoms. The first-order valence-electron chi connectivity index (χ1n) is 9.35. The molecule has 1 atom stereocenters. The zero-order valence-electron chi connectivity index (χ0n) is 15.1. The van der Waals surface area contributed by atoms with Crippen molar-refractivity contribution in [3.8, 4) is 0 Å². The fraction of sp³-hybridized carbons (Fsp3) is 0.650. The number of nitrogens with one attached hydrogen (secondary N) is 2. The molecule has 2 aliphatic carbocycles. The standard InChI is InChI=1S/C20H31N3O/c1-3-21-19(23-15-20(9-6-10-20)11-12-24-2)22-14-17-13-16-7-4-5-8-18(16)17/h4-5,7-8,17H,3,6,9-15H2,1-2H3,(H2,21,22,23). The van der Waals surface area contributed by atoms with Gasteiger partial charge in [-0.3, -0.25) is 4.99 Å². The summed E-state index contributed by atoms with van der Waals surface area (Å²) in [5.74, 6) is 1.58. The highest BCUT2D eigenvalue weighted by Crippen LogP contribution is 2.44. The fourth-order valence-electron chi connectivity index (χ4n) is 3.84. The molecule has 2 N–H and O–H groups in total. The monoisotopic (exact) mass is 329 g/mol. The molecule has 0 amide bonds. The third-order valence-electron chi connectivity index (χ3n) is 5.64. The molecule has 2 aliphatic rings. The lowest BCUT2D eigenvalue weighted by atomic mass is 9.67. The van der Waals surface area contributed by atoms with Crippen LogP contribution < -0.4 is 10.6 Å². The van der Waals surface area contributed by atoms with E-state index in [4.69, 9.17) is 9.73 Å². The van der Waals surface area contributed by atoms with Crippen molar-refractivity contribution >= 4 is 5.96 Å². The normalized spacial score (nSPS) is 21.4. The van der Waals surface area contributed by atoms with Crippen molar-refractivity contribution < 1.29 is 4.74 Å². The van der Waals surface area contributed by atoms with Crippen LogP contribution in [0.1, 0.15) is 49.7 Å². The lowest BCUT2D eigenvalue weighted by Gasteiger charge is -2.41. The zero-order chi connectivity index (χ0) is 16.8. The maximum atomic E-state index is 5.28. The van der Waals surface area contributed by atoms with Crippen LogP contribution in [0.25, 0.3) is 0 Å². The van der Waals surface area contributed by atoms with Crippen molar-refractivity contribution in [3.63, 3.8) is 0 Å². The third kappa shape index (κ3) is 3.92. The van der Waals surface area contributed by atoms with Crippen molar-refractivity contribution in [2.24, 2.45) is 10.4 Å². The first kappa shape index (κ1) is 17.3. The summed E-state index contributed by atoms with van der Waals surface area (Å²) < 4.78 is 5.28. The number of hydrogen-bond acceptors (Lipinski definition) is 2. The molecular formula is C20H31N3O. The summed E-state index contributed by atoms with van der Waals surface area (Å²) >= 11 is 0. The maximum absolute atomic E-state index is 5.28. The van der Waals surface area contributed by atoms with Crippen LogP contribution in [0.3, 0.4) is 0 Å². The Balaban J connectivity index is 1.53. The molecule has 132 valence electrons. The number of nitrogens with zero attached hydrogens (tertiary/aromatic N) is 1. The van der Waals surface area contributed by atoms with Gasteiger partial charge >= 0.3 is 0 Å². The summed E-state index contributed by atoms with van der Waals surface area (Å²) in [5.41, 5.74) is 3.37. The molecule has 1 saturated carbocycles. The van der Waals surface area contributed by atoms with E-state index in [1.54, 1.807) is 7.11 Å². The van der Waals surface area contributed by atoms with Gasteiger partial charge in [0.2, 0.25) is 0 Å². The average Bonchev–Trinajstić information content (AvgIpc) is 2.54. The van der Waals surface area contributed by atoms with E-state index in [0.29, 0.717) is 11.3 Å². The van der Waals surface area contributed by atoms with Gasteiger partial charge in [-0.05, 0) is 49.1 Å². The van der Waals surface area contributed by atoms with Gasteiger partial charge in [0.05, 0.1) is 0 Å². The molecule has 0 bridgehead atoms. The summed E-state index contributed by atoms with van der Waals surface area (Å²) in [6.07, 6.45) is 6.22. The summed E-state index contributed by atoms with van der Waals surface area (Å²) in [7, 11) is 1.79. The van der Waals surface area contributed by atoms with Crippen molar-refractivity contribution in [1.29, 1.82) is 0 Å². The van der Waals surface area contributed by atoms with E-state index in [2.05, 4.69) is 41.8 Å². The lowest BCUT2D eigenvalue weighted by Crippen LogP contribution is -2.42. The Labute approximate surface area is 146 Å². The van der Waals surface area contributed by atoms with Gasteiger partial charge in [-0.25, -0.2) is 0 Å². The van der Waals surface area contributed by atoms with Crippen molar-refractivity contribution in [3.05, 3.63) is 35.4 Å². The van der Waals surface area contributed by atoms with Gasteiger partial charge in [0.15, 0.2) is 5.96 Å². The smallest absolute Gasteiger partial charge is 0.191 e. The highest BCUT2D eigenvalue weighted by atomic mass is 16.5. The molecule has 0 spiro atoms. The molecule has 1 unspecified atom stereocenters. The van der Waals surface area contributed by atoms with Gasteiger partial charge in [0, 0.05) is 39.3 Å². The molecule has 3 rings (SSSR count). The second kappa shape index (κ2) is 8.02. The van der Waals surface area contributed by atoms with E-state index in [0.717, 1.165) is 38.6 Å². The van der Waals surface area contributed by atoms with Crippen LogP contribution in [-0.4, -0.2) is 39.3 Å². The number of rotatable bonds is 8. The number of hydrogen-bond donors (Lipinski definition) is 2. The first-order valence-corrected chi connectivity index (χ1v) is 9.35. The van der Waals surface area contributed by atoms with Crippen molar-refractivity contribution in [2.75, 3.05) is 33.4 Å². The topological polar surface area (TPSA) is 45.7 Å². The Kier molecular flexibility index (Phi) is 5.77. The second-order valence-corrected chi connectivity index (χ2v) is 7.27. The maximum Gasteiger partial charge on any atom is 0.191 e. The van der Waals surface area contributed by atoms with Gasteiger partial charge in [-0.15, -0.1) is 0 Å². The molecular weight excluding hydrogens is 298 g/mol. The van der Waals surface area contributed by atoms with E-state index in [-0.39, 0.29) is 0 Å². The fourth-order valence-corrected chi connectivity index (χ4v) is 3.84. The summed E-state index contributed by atoms with van der Waals surface area (Å²) in [4.78, 5) is 4.89. The highest BCUT2D eigenvalue weighted by Gasteiger charge is 2.36. The molecule has 1 fully saturated rings. The van der Waals surface area contributed by atoms with E-state index < -0.39 is 0 Å². The lowest BCUT2D eigenvalue weighted by molar-refractivity contribution is 0.0778. The van der Waals surface area contributed by atoms with Crippen LogP contribution in [-0.2, 0) is 11.2 Å². The number of aliphatic imine (C=N–C) groups is 1. The van der Waals surface area contributed by atoms with Crippen LogP contribution in [0.5, 0.6) is 0 Å². The van der Waals surface area contributed by atoms with Crippen molar-refractivity contribution in [1.82, 2.24) is 10.6 Å². The predicted molar refractivity (Wildman–Crippen MR) is 99.6 cm³/mol. The van der Waals surface area contributed by atoms with Gasteiger partial charge in [0.25, 0.3) is 0 Å². The molecule has 1 aromatic carbocycles. The van der Waals surface area contributed by atoms with E-state index in [9.17, 15) is 0 Å². The van der Waals surface area contributed by atoms with Crippen LogP contribution in [0.2, 0.25) is 0 Å². The van der Waals surface area contributed by atoms with E-state index in [1.807, 2.05) is 0 Å². The van der Waals surface area contributed by atoms with Gasteiger partial charge in [-0.2, -0.15) is 0 Å². The van der Waals surface area contributed by atoms with Crippen LogP contribution in [0, 0.1) is 5.41 Å². The molecule has 4 nitrogen and oxygen atoms in total. The molecule has 0 aromatic heterocycles. The number of ether oxygens (including phenoxy) is 1. The zero-order valence-corrected chi connectivity index (χ0v) is 15.1. The van der Waals surface area contributed by atoms with Crippen molar-refractivity contribution in [2.45, 2.75) is 44.9 Å². The number of methoxy groups -OCH3 is 1. The van der Waals surface area contributed by atoms with Gasteiger partial charge < -0.3 is 15.4 Å². The van der Waals surface area contributed by atoms with Crippen LogP contribution in [0.15, 0.2) is 29.3 Å². The quantitative estimate of drug-likeness (QED) is 0.569. The van der Waals surface area contributed by atoms with Crippen LogP contribution in [0.4, 0.5) is 0 Å². The Morgan fingerprint density at radius 1 is 1.29 bits per heavy atom. The molecule has 0 radical (unpaired) electrons. The molecule has 0 heterocycles. The summed E-state index contributed by atoms with van der Waals surface area (Å²) in [5, 5.41) is 6.94. The number of guanidine groups is 1.